The van der Waals surface area contributed by atoms with Gasteiger partial charge in [-0.2, -0.15) is 0 Å². The van der Waals surface area contributed by atoms with Crippen molar-refractivity contribution < 1.29 is 13.7 Å². The Bertz CT molecular complexity index is 1010. The van der Waals surface area contributed by atoms with Gasteiger partial charge in [0.05, 0.1) is 10.5 Å². The molecule has 1 fully saturated rings. The first-order chi connectivity index (χ1) is 10.5. The fourth-order valence-electron chi connectivity index (χ4n) is 2.56. The Hall–Kier alpha value is -2.61. The molecule has 0 amide bonds. The van der Waals surface area contributed by atoms with Gasteiger partial charge in [0.1, 0.15) is 0 Å². The first-order valence-electron chi connectivity index (χ1n) is 6.45. The SMILES string of the molecule is O=C(c1cc(Cl)c2oc(=O)[nH]c2c1)C1CC1c1noc(=O)[nH]1. The van der Waals surface area contributed by atoms with E-state index < -0.39 is 11.5 Å². The lowest BCUT2D eigenvalue weighted by molar-refractivity contribution is 0.0965. The van der Waals surface area contributed by atoms with Crippen LogP contribution in [0.5, 0.6) is 0 Å². The van der Waals surface area contributed by atoms with Gasteiger partial charge in [-0.1, -0.05) is 16.8 Å². The molecule has 2 N–H and O–H groups in total. The van der Waals surface area contributed by atoms with Crippen molar-refractivity contribution in [3.05, 3.63) is 49.6 Å². The predicted molar refractivity (Wildman–Crippen MR) is 74.1 cm³/mol. The summed E-state index contributed by atoms with van der Waals surface area (Å²) in [5.74, 6) is -1.52. The largest absolute Gasteiger partial charge is 0.438 e. The predicted octanol–water partition coefficient (Wildman–Crippen LogP) is 1.44. The van der Waals surface area contributed by atoms with Gasteiger partial charge >= 0.3 is 11.5 Å². The van der Waals surface area contributed by atoms with Crippen LogP contribution in [0.2, 0.25) is 5.02 Å². The van der Waals surface area contributed by atoms with Gasteiger partial charge in [-0.15, -0.1) is 0 Å². The molecule has 1 saturated carbocycles. The topological polar surface area (TPSA) is 122 Å². The number of hydrogen-bond acceptors (Lipinski definition) is 6. The van der Waals surface area contributed by atoms with Crippen molar-refractivity contribution in [2.24, 2.45) is 5.92 Å². The molecule has 1 aliphatic rings. The molecule has 0 saturated heterocycles. The average Bonchev–Trinajstić information content (AvgIpc) is 3.00. The van der Waals surface area contributed by atoms with Crippen LogP contribution in [0.1, 0.15) is 28.5 Å². The summed E-state index contributed by atoms with van der Waals surface area (Å²) in [4.78, 5) is 39.5. The Morgan fingerprint density at radius 3 is 2.82 bits per heavy atom. The number of nitrogens with one attached hydrogen (secondary N) is 2. The van der Waals surface area contributed by atoms with Crippen molar-refractivity contribution in [2.45, 2.75) is 12.3 Å². The van der Waals surface area contributed by atoms with Crippen LogP contribution in [0, 0.1) is 5.92 Å². The molecule has 9 heteroatoms. The summed E-state index contributed by atoms with van der Waals surface area (Å²) in [7, 11) is 0. The summed E-state index contributed by atoms with van der Waals surface area (Å²) in [6.45, 7) is 0. The van der Waals surface area contributed by atoms with Crippen LogP contribution in [0.15, 0.2) is 30.7 Å². The maximum Gasteiger partial charge on any atom is 0.438 e. The summed E-state index contributed by atoms with van der Waals surface area (Å²) < 4.78 is 9.32. The maximum atomic E-state index is 12.5. The summed E-state index contributed by atoms with van der Waals surface area (Å²) >= 11 is 6.02. The quantitative estimate of drug-likeness (QED) is 0.704. The molecule has 0 spiro atoms. The summed E-state index contributed by atoms with van der Waals surface area (Å²) in [5.41, 5.74) is 0.956. The monoisotopic (exact) mass is 321 g/mol. The number of aromatic nitrogens is 3. The maximum absolute atomic E-state index is 12.5. The summed E-state index contributed by atoms with van der Waals surface area (Å²) in [5, 5.41) is 3.78. The third-order valence-electron chi connectivity index (χ3n) is 3.70. The van der Waals surface area contributed by atoms with E-state index in [0.29, 0.717) is 23.3 Å². The van der Waals surface area contributed by atoms with E-state index in [4.69, 9.17) is 16.0 Å². The molecular formula is C13H8ClN3O5. The van der Waals surface area contributed by atoms with Crippen molar-refractivity contribution in [1.29, 1.82) is 0 Å². The van der Waals surface area contributed by atoms with Gasteiger partial charge < -0.3 is 4.42 Å². The molecule has 2 unspecified atom stereocenters. The number of halogens is 1. The number of rotatable bonds is 3. The second-order valence-electron chi connectivity index (χ2n) is 5.14. The number of nitrogens with zero attached hydrogens (tertiary/aromatic N) is 1. The molecular weight excluding hydrogens is 314 g/mol. The van der Waals surface area contributed by atoms with Gasteiger partial charge in [0.15, 0.2) is 17.2 Å². The zero-order chi connectivity index (χ0) is 15.4. The van der Waals surface area contributed by atoms with Crippen molar-refractivity contribution in [3.63, 3.8) is 0 Å². The molecule has 4 rings (SSSR count). The molecule has 22 heavy (non-hydrogen) atoms. The first kappa shape index (κ1) is 13.1. The number of H-pyrrole nitrogens is 2. The van der Waals surface area contributed by atoms with E-state index in [1.165, 1.54) is 12.1 Å². The highest BCUT2D eigenvalue weighted by atomic mass is 35.5. The highest BCUT2D eigenvalue weighted by Gasteiger charge is 2.46. The van der Waals surface area contributed by atoms with Gasteiger partial charge in [-0.25, -0.2) is 9.59 Å². The van der Waals surface area contributed by atoms with Gasteiger partial charge in [0.25, 0.3) is 0 Å². The molecule has 8 nitrogen and oxygen atoms in total. The average molecular weight is 322 g/mol. The fourth-order valence-corrected chi connectivity index (χ4v) is 2.82. The van der Waals surface area contributed by atoms with Crippen LogP contribution >= 0.6 is 11.6 Å². The number of aromatic amines is 2. The van der Waals surface area contributed by atoms with E-state index in [9.17, 15) is 14.4 Å². The minimum absolute atomic E-state index is 0.139. The van der Waals surface area contributed by atoms with Crippen molar-refractivity contribution >= 4 is 28.5 Å². The highest BCUT2D eigenvalue weighted by Crippen LogP contribution is 2.47. The molecule has 0 bridgehead atoms. The van der Waals surface area contributed by atoms with Crippen LogP contribution in [0.3, 0.4) is 0 Å². The third-order valence-corrected chi connectivity index (χ3v) is 3.98. The van der Waals surface area contributed by atoms with Crippen LogP contribution in [-0.2, 0) is 0 Å². The number of carbonyl (C=O) groups excluding carboxylic acids is 1. The normalized spacial score (nSPS) is 20.4. The lowest BCUT2D eigenvalue weighted by Gasteiger charge is -2.01. The van der Waals surface area contributed by atoms with Gasteiger partial charge in [-0.3, -0.25) is 19.3 Å². The Balaban J connectivity index is 1.66. The van der Waals surface area contributed by atoms with E-state index in [0.717, 1.165) is 0 Å². The Labute approximate surface area is 126 Å². The molecule has 2 aromatic heterocycles. The first-order valence-corrected chi connectivity index (χ1v) is 6.83. The molecule has 112 valence electrons. The smallest absolute Gasteiger partial charge is 0.406 e. The third kappa shape index (κ3) is 2.00. The molecule has 1 aromatic carbocycles. The van der Waals surface area contributed by atoms with Crippen LogP contribution in [-0.4, -0.2) is 20.9 Å². The van der Waals surface area contributed by atoms with Gasteiger partial charge in [0, 0.05) is 17.4 Å². The van der Waals surface area contributed by atoms with Crippen molar-refractivity contribution in [2.75, 3.05) is 0 Å². The van der Waals surface area contributed by atoms with Crippen molar-refractivity contribution in [1.82, 2.24) is 15.1 Å². The minimum atomic E-state index is -0.645. The molecule has 1 aliphatic carbocycles. The van der Waals surface area contributed by atoms with Crippen LogP contribution in [0.4, 0.5) is 0 Å². The number of carbonyl (C=O) groups is 1. The Morgan fingerprint density at radius 1 is 1.27 bits per heavy atom. The fraction of sp³-hybridized carbons (Fsp3) is 0.231. The lowest BCUT2D eigenvalue weighted by atomic mass is 10.1. The second-order valence-corrected chi connectivity index (χ2v) is 5.55. The lowest BCUT2D eigenvalue weighted by Crippen LogP contribution is -2.04. The summed E-state index contributed by atoms with van der Waals surface area (Å²) in [6, 6.07) is 2.99. The number of benzene rings is 1. The Morgan fingerprint density at radius 2 is 2.09 bits per heavy atom. The zero-order valence-electron chi connectivity index (χ0n) is 10.9. The Kier molecular flexibility index (Phi) is 2.64. The van der Waals surface area contributed by atoms with E-state index in [-0.39, 0.29) is 28.2 Å². The molecule has 0 aliphatic heterocycles. The summed E-state index contributed by atoms with van der Waals surface area (Å²) in [6.07, 6.45) is 0.568. The molecule has 0 radical (unpaired) electrons. The molecule has 3 aromatic rings. The van der Waals surface area contributed by atoms with E-state index in [2.05, 4.69) is 19.6 Å². The van der Waals surface area contributed by atoms with Gasteiger partial charge in [0.2, 0.25) is 0 Å². The second kappa shape index (κ2) is 4.44. The van der Waals surface area contributed by atoms with E-state index in [1.54, 1.807) is 0 Å². The van der Waals surface area contributed by atoms with Crippen molar-refractivity contribution in [3.8, 4) is 0 Å². The minimum Gasteiger partial charge on any atom is -0.406 e. The zero-order valence-corrected chi connectivity index (χ0v) is 11.6. The van der Waals surface area contributed by atoms with Crippen LogP contribution in [0.25, 0.3) is 11.1 Å². The van der Waals surface area contributed by atoms with E-state index in [1.807, 2.05) is 0 Å². The number of ketones is 1. The van der Waals surface area contributed by atoms with E-state index >= 15 is 0 Å². The number of fused-ring (bicyclic) bond motifs is 1. The molecule has 2 atom stereocenters. The van der Waals surface area contributed by atoms with Gasteiger partial charge in [-0.05, 0) is 18.6 Å². The number of Topliss-reactive ketones (excluding diaryl/α,β-unsaturated/α-hetero) is 1. The number of oxazole rings is 1. The standard InChI is InChI=1S/C13H8ClN3O5/c14-7-1-4(2-8-10(7)21-12(19)15-8)9(18)5-3-6(5)11-16-13(20)22-17-11/h1-2,5-6H,3H2,(H,15,19)(H,16,17,20). The highest BCUT2D eigenvalue weighted by molar-refractivity contribution is 6.35. The molecule has 2 heterocycles. The number of hydrogen-bond donors (Lipinski definition) is 2. The van der Waals surface area contributed by atoms with Crippen LogP contribution < -0.4 is 11.5 Å².